The van der Waals surface area contributed by atoms with Crippen LogP contribution >= 0.6 is 0 Å². The van der Waals surface area contributed by atoms with Gasteiger partial charge >= 0.3 is 0 Å². The maximum Gasteiger partial charge on any atom is 0.0474 e. The molecule has 2 fully saturated rings. The molecule has 0 aromatic carbocycles. The fourth-order valence-electron chi connectivity index (χ4n) is 3.16. The Kier molecular flexibility index (Phi) is 4.68. The molecule has 3 nitrogen and oxygen atoms in total. The Hall–Kier alpha value is -0.120. The lowest BCUT2D eigenvalue weighted by Gasteiger charge is -2.46. The van der Waals surface area contributed by atoms with Crippen molar-refractivity contribution in [2.75, 3.05) is 33.4 Å². The van der Waals surface area contributed by atoms with E-state index in [-0.39, 0.29) is 0 Å². The Bertz CT molecular complexity index is 258. The van der Waals surface area contributed by atoms with Crippen molar-refractivity contribution in [1.82, 2.24) is 10.2 Å². The van der Waals surface area contributed by atoms with Gasteiger partial charge in [-0.1, -0.05) is 20.8 Å². The fourth-order valence-corrected chi connectivity index (χ4v) is 3.16. The first-order valence-corrected chi connectivity index (χ1v) is 7.48. The summed E-state index contributed by atoms with van der Waals surface area (Å²) in [6.07, 6.45) is 4.02. The lowest BCUT2D eigenvalue weighted by molar-refractivity contribution is 0.0440. The van der Waals surface area contributed by atoms with Crippen molar-refractivity contribution >= 4 is 0 Å². The molecule has 1 aliphatic heterocycles. The molecule has 2 unspecified atom stereocenters. The number of methoxy groups -OCH3 is 1. The SMILES string of the molecule is COCCCN1CC(C2CC2)NCC1C(C)(C)C. The molecule has 2 rings (SSSR count). The Morgan fingerprint density at radius 2 is 2.00 bits per heavy atom. The minimum atomic E-state index is 0.356. The number of hydrogen-bond acceptors (Lipinski definition) is 3. The maximum absolute atomic E-state index is 5.20. The molecule has 0 radical (unpaired) electrons. The average Bonchev–Trinajstić information content (AvgIpc) is 3.11. The zero-order valence-electron chi connectivity index (χ0n) is 12.5. The number of nitrogens with one attached hydrogen (secondary N) is 1. The van der Waals surface area contributed by atoms with Crippen LogP contribution < -0.4 is 5.32 Å². The lowest BCUT2D eigenvalue weighted by atomic mass is 9.83. The van der Waals surface area contributed by atoms with Crippen LogP contribution in [0.15, 0.2) is 0 Å². The molecule has 0 aromatic heterocycles. The Balaban J connectivity index is 1.91. The van der Waals surface area contributed by atoms with Gasteiger partial charge in [0.05, 0.1) is 0 Å². The summed E-state index contributed by atoms with van der Waals surface area (Å²) < 4.78 is 5.20. The van der Waals surface area contributed by atoms with Gasteiger partial charge in [-0.25, -0.2) is 0 Å². The summed E-state index contributed by atoms with van der Waals surface area (Å²) in [5.74, 6) is 0.954. The predicted molar refractivity (Wildman–Crippen MR) is 75.8 cm³/mol. The third-order valence-corrected chi connectivity index (χ3v) is 4.43. The molecule has 1 aliphatic carbocycles. The molecule has 0 amide bonds. The summed E-state index contributed by atoms with van der Waals surface area (Å²) in [6, 6.07) is 1.40. The second-order valence-electron chi connectivity index (χ2n) is 7.08. The number of ether oxygens (including phenoxy) is 1. The molecular formula is C15H30N2O. The third kappa shape index (κ3) is 3.69. The lowest BCUT2D eigenvalue weighted by Crippen LogP contribution is -2.61. The van der Waals surface area contributed by atoms with Gasteiger partial charge in [0, 0.05) is 45.4 Å². The molecule has 0 aromatic rings. The highest BCUT2D eigenvalue weighted by atomic mass is 16.5. The molecule has 2 atom stereocenters. The third-order valence-electron chi connectivity index (χ3n) is 4.43. The van der Waals surface area contributed by atoms with E-state index in [0.717, 1.165) is 31.5 Å². The summed E-state index contributed by atoms with van der Waals surface area (Å²) in [4.78, 5) is 2.71. The van der Waals surface area contributed by atoms with E-state index in [1.165, 1.54) is 25.9 Å². The van der Waals surface area contributed by atoms with E-state index in [0.29, 0.717) is 11.5 Å². The van der Waals surface area contributed by atoms with Gasteiger partial charge in [0.1, 0.15) is 0 Å². The highest BCUT2D eigenvalue weighted by Crippen LogP contribution is 2.36. The van der Waals surface area contributed by atoms with E-state index in [2.05, 4.69) is 31.0 Å². The fraction of sp³-hybridized carbons (Fsp3) is 1.00. The summed E-state index contributed by atoms with van der Waals surface area (Å²) in [5.41, 5.74) is 0.356. The summed E-state index contributed by atoms with van der Waals surface area (Å²) in [5, 5.41) is 3.79. The van der Waals surface area contributed by atoms with Crippen molar-refractivity contribution in [2.24, 2.45) is 11.3 Å². The largest absolute Gasteiger partial charge is 0.385 e. The van der Waals surface area contributed by atoms with Gasteiger partial charge in [-0.05, 0) is 30.6 Å². The van der Waals surface area contributed by atoms with Gasteiger partial charge < -0.3 is 10.1 Å². The second-order valence-corrected chi connectivity index (χ2v) is 7.08. The zero-order valence-corrected chi connectivity index (χ0v) is 12.5. The van der Waals surface area contributed by atoms with Crippen LogP contribution in [0.1, 0.15) is 40.0 Å². The molecule has 2 aliphatic rings. The first kappa shape index (κ1) is 14.3. The molecule has 3 heteroatoms. The monoisotopic (exact) mass is 254 g/mol. The van der Waals surface area contributed by atoms with Crippen molar-refractivity contribution < 1.29 is 4.74 Å². The van der Waals surface area contributed by atoms with Gasteiger partial charge in [-0.3, -0.25) is 4.90 Å². The van der Waals surface area contributed by atoms with Crippen LogP contribution in [0.2, 0.25) is 0 Å². The Labute approximate surface area is 112 Å². The number of rotatable bonds is 5. The average molecular weight is 254 g/mol. The maximum atomic E-state index is 5.20. The standard InChI is InChI=1S/C15H30N2O/c1-15(2,3)14-10-16-13(12-6-7-12)11-17(14)8-5-9-18-4/h12-14,16H,5-11H2,1-4H3. The van der Waals surface area contributed by atoms with Crippen molar-refractivity contribution in [3.63, 3.8) is 0 Å². The van der Waals surface area contributed by atoms with Crippen LogP contribution in [0.4, 0.5) is 0 Å². The molecule has 1 saturated heterocycles. The van der Waals surface area contributed by atoms with Crippen molar-refractivity contribution in [2.45, 2.75) is 52.1 Å². The van der Waals surface area contributed by atoms with Gasteiger partial charge in [0.2, 0.25) is 0 Å². The first-order valence-electron chi connectivity index (χ1n) is 7.48. The highest BCUT2D eigenvalue weighted by Gasteiger charge is 2.40. The smallest absolute Gasteiger partial charge is 0.0474 e. The zero-order chi connectivity index (χ0) is 13.2. The number of nitrogens with zero attached hydrogens (tertiary/aromatic N) is 1. The first-order chi connectivity index (χ1) is 8.52. The Morgan fingerprint density at radius 1 is 1.28 bits per heavy atom. The molecule has 0 bridgehead atoms. The van der Waals surface area contributed by atoms with E-state index < -0.39 is 0 Å². The van der Waals surface area contributed by atoms with E-state index in [4.69, 9.17) is 4.74 Å². The molecule has 1 N–H and O–H groups in total. The minimum Gasteiger partial charge on any atom is -0.385 e. The Morgan fingerprint density at radius 3 is 2.56 bits per heavy atom. The minimum absolute atomic E-state index is 0.356. The van der Waals surface area contributed by atoms with Crippen LogP contribution in [0.25, 0.3) is 0 Å². The quantitative estimate of drug-likeness (QED) is 0.761. The predicted octanol–water partition coefficient (Wildman–Crippen LogP) is 2.12. The topological polar surface area (TPSA) is 24.5 Å². The van der Waals surface area contributed by atoms with Crippen molar-refractivity contribution in [1.29, 1.82) is 0 Å². The van der Waals surface area contributed by atoms with Crippen LogP contribution in [-0.2, 0) is 4.74 Å². The van der Waals surface area contributed by atoms with Gasteiger partial charge in [0.15, 0.2) is 0 Å². The molecular weight excluding hydrogens is 224 g/mol. The van der Waals surface area contributed by atoms with E-state index in [1.54, 1.807) is 7.11 Å². The van der Waals surface area contributed by atoms with Gasteiger partial charge in [-0.2, -0.15) is 0 Å². The summed E-state index contributed by atoms with van der Waals surface area (Å²) in [6.45, 7) is 11.5. The molecule has 0 spiro atoms. The van der Waals surface area contributed by atoms with Crippen LogP contribution in [0.5, 0.6) is 0 Å². The van der Waals surface area contributed by atoms with Crippen LogP contribution in [0, 0.1) is 11.3 Å². The van der Waals surface area contributed by atoms with Crippen molar-refractivity contribution in [3.05, 3.63) is 0 Å². The molecule has 1 heterocycles. The van der Waals surface area contributed by atoms with Crippen LogP contribution in [0.3, 0.4) is 0 Å². The highest BCUT2D eigenvalue weighted by molar-refractivity contribution is 4.97. The van der Waals surface area contributed by atoms with E-state index in [1.807, 2.05) is 0 Å². The molecule has 1 saturated carbocycles. The van der Waals surface area contributed by atoms with Crippen LogP contribution in [-0.4, -0.2) is 50.3 Å². The summed E-state index contributed by atoms with van der Waals surface area (Å²) in [7, 11) is 1.80. The number of hydrogen-bond donors (Lipinski definition) is 1. The normalized spacial score (nSPS) is 30.7. The van der Waals surface area contributed by atoms with E-state index >= 15 is 0 Å². The number of piperazine rings is 1. The molecule has 18 heavy (non-hydrogen) atoms. The molecule has 106 valence electrons. The second kappa shape index (κ2) is 5.89. The van der Waals surface area contributed by atoms with Crippen molar-refractivity contribution in [3.8, 4) is 0 Å². The van der Waals surface area contributed by atoms with Gasteiger partial charge in [-0.15, -0.1) is 0 Å². The summed E-state index contributed by atoms with van der Waals surface area (Å²) >= 11 is 0. The van der Waals surface area contributed by atoms with E-state index in [9.17, 15) is 0 Å². The van der Waals surface area contributed by atoms with Gasteiger partial charge in [0.25, 0.3) is 0 Å².